The number of nitrogens with zero attached hydrogens (tertiary/aromatic N) is 3. The molecule has 1 fully saturated rings. The van der Waals surface area contributed by atoms with Gasteiger partial charge in [0.25, 0.3) is 0 Å². The maximum absolute atomic E-state index is 13.1. The number of rotatable bonds is 3. The van der Waals surface area contributed by atoms with Gasteiger partial charge in [-0.15, -0.1) is 29.9 Å². The molecule has 1 aromatic heterocycles. The average molecular weight is 333 g/mol. The Labute approximate surface area is 135 Å². The van der Waals surface area contributed by atoms with Gasteiger partial charge in [0, 0.05) is 12.1 Å². The lowest BCUT2D eigenvalue weighted by Gasteiger charge is -2.20. The van der Waals surface area contributed by atoms with E-state index in [0.29, 0.717) is 12.5 Å². The van der Waals surface area contributed by atoms with Gasteiger partial charge in [-0.1, -0.05) is 17.3 Å². The predicted molar refractivity (Wildman–Crippen MR) is 84.9 cm³/mol. The van der Waals surface area contributed by atoms with Gasteiger partial charge >= 0.3 is 0 Å². The van der Waals surface area contributed by atoms with Gasteiger partial charge in [-0.25, -0.2) is 9.07 Å². The number of halogens is 3. The van der Waals surface area contributed by atoms with Crippen LogP contribution in [0.3, 0.4) is 0 Å². The first kappa shape index (κ1) is 17.9. The maximum Gasteiger partial charge on any atom is 0.123 e. The fraction of sp³-hybridized carbons (Fsp3) is 0.429. The molecular weight excluding hydrogens is 314 g/mol. The van der Waals surface area contributed by atoms with E-state index in [0.717, 1.165) is 37.2 Å². The molecule has 0 aliphatic carbocycles. The first-order chi connectivity index (χ1) is 9.31. The molecule has 7 heteroatoms. The Kier molecular flexibility index (Phi) is 7.08. The summed E-state index contributed by atoms with van der Waals surface area (Å²) in [6.45, 7) is 2.65. The second-order valence-corrected chi connectivity index (χ2v) is 5.00. The van der Waals surface area contributed by atoms with Crippen LogP contribution < -0.4 is 5.32 Å². The number of benzene rings is 1. The van der Waals surface area contributed by atoms with Gasteiger partial charge in [-0.3, -0.25) is 0 Å². The molecule has 0 spiro atoms. The van der Waals surface area contributed by atoms with E-state index >= 15 is 0 Å². The lowest BCUT2D eigenvalue weighted by Crippen LogP contribution is -2.26. The Bertz CT molecular complexity index is 555. The van der Waals surface area contributed by atoms with Crippen molar-refractivity contribution in [3.05, 3.63) is 47.5 Å². The number of aromatic nitrogens is 3. The minimum Gasteiger partial charge on any atom is -0.317 e. The van der Waals surface area contributed by atoms with E-state index in [4.69, 9.17) is 0 Å². The molecule has 3 rings (SSSR count). The molecule has 2 heterocycles. The van der Waals surface area contributed by atoms with E-state index in [2.05, 4.69) is 15.6 Å². The monoisotopic (exact) mass is 332 g/mol. The summed E-state index contributed by atoms with van der Waals surface area (Å²) in [7, 11) is 0. The molecule has 0 bridgehead atoms. The van der Waals surface area contributed by atoms with Crippen LogP contribution in [-0.2, 0) is 6.54 Å². The van der Waals surface area contributed by atoms with Crippen molar-refractivity contribution in [2.24, 2.45) is 0 Å². The zero-order valence-electron chi connectivity index (χ0n) is 11.5. The van der Waals surface area contributed by atoms with Crippen LogP contribution in [0.1, 0.15) is 30.0 Å². The summed E-state index contributed by atoms with van der Waals surface area (Å²) in [5.74, 6) is 0.290. The fourth-order valence-corrected chi connectivity index (χ4v) is 2.52. The van der Waals surface area contributed by atoms with Gasteiger partial charge < -0.3 is 5.32 Å². The molecule has 0 atom stereocenters. The molecule has 1 saturated heterocycles. The van der Waals surface area contributed by atoms with Crippen LogP contribution in [0, 0.1) is 5.82 Å². The smallest absolute Gasteiger partial charge is 0.123 e. The number of hydrogen-bond acceptors (Lipinski definition) is 3. The highest BCUT2D eigenvalue weighted by molar-refractivity contribution is 5.85. The maximum atomic E-state index is 13.1. The van der Waals surface area contributed by atoms with E-state index in [1.807, 2.05) is 12.3 Å². The van der Waals surface area contributed by atoms with Crippen molar-refractivity contribution in [1.82, 2.24) is 20.3 Å². The standard InChI is InChI=1S/C14H17FN4.2ClH/c15-13-3-1-2-11(8-13)9-19-10-14(17-18-19)12-4-6-16-7-5-12;;/h1-3,8,10,12,16H,4-7,9H2;2*1H. The minimum absolute atomic E-state index is 0. The summed E-state index contributed by atoms with van der Waals surface area (Å²) in [5.41, 5.74) is 1.96. The first-order valence-electron chi connectivity index (χ1n) is 6.66. The average Bonchev–Trinajstić information content (AvgIpc) is 2.88. The Balaban J connectivity index is 0.00000110. The van der Waals surface area contributed by atoms with Gasteiger partial charge in [0.15, 0.2) is 0 Å². The molecule has 0 unspecified atom stereocenters. The normalized spacial score (nSPS) is 15.1. The van der Waals surface area contributed by atoms with Crippen molar-refractivity contribution in [3.8, 4) is 0 Å². The molecule has 0 amide bonds. The highest BCUT2D eigenvalue weighted by Crippen LogP contribution is 2.22. The van der Waals surface area contributed by atoms with Gasteiger partial charge in [-0.05, 0) is 43.6 Å². The van der Waals surface area contributed by atoms with Crippen LogP contribution in [0.4, 0.5) is 4.39 Å². The van der Waals surface area contributed by atoms with Crippen molar-refractivity contribution in [2.75, 3.05) is 13.1 Å². The van der Waals surface area contributed by atoms with Crippen LogP contribution in [0.5, 0.6) is 0 Å². The van der Waals surface area contributed by atoms with Crippen molar-refractivity contribution < 1.29 is 4.39 Å². The predicted octanol–water partition coefficient (Wildman–Crippen LogP) is 2.78. The third kappa shape index (κ3) is 4.66. The molecule has 1 aliphatic rings. The van der Waals surface area contributed by atoms with E-state index < -0.39 is 0 Å². The number of hydrogen-bond donors (Lipinski definition) is 1. The molecule has 1 aromatic carbocycles. The van der Waals surface area contributed by atoms with E-state index in [1.54, 1.807) is 10.7 Å². The van der Waals surface area contributed by atoms with Gasteiger partial charge in [-0.2, -0.15) is 0 Å². The summed E-state index contributed by atoms with van der Waals surface area (Å²) in [6.07, 6.45) is 4.21. The van der Waals surface area contributed by atoms with Crippen LogP contribution in [0.2, 0.25) is 0 Å². The molecular formula is C14H19Cl2FN4. The molecule has 4 nitrogen and oxygen atoms in total. The SMILES string of the molecule is Cl.Cl.Fc1cccc(Cn2cc(C3CCNCC3)nn2)c1. The Morgan fingerprint density at radius 2 is 2.00 bits per heavy atom. The third-order valence-corrected chi connectivity index (χ3v) is 3.55. The lowest BCUT2D eigenvalue weighted by molar-refractivity contribution is 0.453. The van der Waals surface area contributed by atoms with Gasteiger partial charge in [0.05, 0.1) is 12.2 Å². The summed E-state index contributed by atoms with van der Waals surface area (Å²) in [4.78, 5) is 0. The van der Waals surface area contributed by atoms with E-state index in [1.165, 1.54) is 12.1 Å². The van der Waals surface area contributed by atoms with E-state index in [-0.39, 0.29) is 30.6 Å². The lowest BCUT2D eigenvalue weighted by atomic mass is 9.95. The zero-order chi connectivity index (χ0) is 13.1. The topological polar surface area (TPSA) is 42.7 Å². The fourth-order valence-electron chi connectivity index (χ4n) is 2.52. The second-order valence-electron chi connectivity index (χ2n) is 5.00. The molecule has 0 radical (unpaired) electrons. The number of piperidine rings is 1. The summed E-state index contributed by atoms with van der Waals surface area (Å²) in [6, 6.07) is 6.60. The highest BCUT2D eigenvalue weighted by Gasteiger charge is 2.18. The third-order valence-electron chi connectivity index (χ3n) is 3.55. The molecule has 21 heavy (non-hydrogen) atoms. The summed E-state index contributed by atoms with van der Waals surface area (Å²) in [5, 5.41) is 11.7. The van der Waals surface area contributed by atoms with Crippen molar-refractivity contribution in [2.45, 2.75) is 25.3 Å². The van der Waals surface area contributed by atoms with E-state index in [9.17, 15) is 4.39 Å². The van der Waals surface area contributed by atoms with Crippen LogP contribution >= 0.6 is 24.8 Å². The molecule has 1 aliphatic heterocycles. The van der Waals surface area contributed by atoms with Crippen molar-refractivity contribution in [1.29, 1.82) is 0 Å². The Morgan fingerprint density at radius 1 is 1.24 bits per heavy atom. The quantitative estimate of drug-likeness (QED) is 0.939. The summed E-state index contributed by atoms with van der Waals surface area (Å²) >= 11 is 0. The van der Waals surface area contributed by atoms with Crippen LogP contribution in [-0.4, -0.2) is 28.1 Å². The largest absolute Gasteiger partial charge is 0.317 e. The second kappa shape index (κ2) is 8.32. The summed E-state index contributed by atoms with van der Waals surface area (Å²) < 4.78 is 14.9. The Hall–Kier alpha value is -1.17. The zero-order valence-corrected chi connectivity index (χ0v) is 13.2. The first-order valence-corrected chi connectivity index (χ1v) is 6.66. The highest BCUT2D eigenvalue weighted by atomic mass is 35.5. The van der Waals surface area contributed by atoms with Gasteiger partial charge in [0.1, 0.15) is 5.82 Å². The minimum atomic E-state index is -0.212. The van der Waals surface area contributed by atoms with Crippen LogP contribution in [0.15, 0.2) is 30.5 Å². The molecule has 2 aromatic rings. The molecule has 116 valence electrons. The molecule has 0 saturated carbocycles. The molecule has 1 N–H and O–H groups in total. The Morgan fingerprint density at radius 3 is 2.71 bits per heavy atom. The van der Waals surface area contributed by atoms with Crippen molar-refractivity contribution in [3.63, 3.8) is 0 Å². The number of nitrogens with one attached hydrogen (secondary N) is 1. The van der Waals surface area contributed by atoms with Gasteiger partial charge in [0.2, 0.25) is 0 Å². The van der Waals surface area contributed by atoms with Crippen molar-refractivity contribution >= 4 is 24.8 Å². The van der Waals surface area contributed by atoms with Crippen LogP contribution in [0.25, 0.3) is 0 Å².